The zero-order chi connectivity index (χ0) is 22.7. The molecule has 1 aliphatic rings. The van der Waals surface area contributed by atoms with Crippen LogP contribution in [0.25, 0.3) is 16.6 Å². The zero-order valence-corrected chi connectivity index (χ0v) is 19.4. The first kappa shape index (κ1) is 22.3. The molecule has 168 valence electrons. The number of nitrogens with zero attached hydrogens (tertiary/aromatic N) is 3. The second-order valence-corrected chi connectivity index (χ2v) is 8.90. The third-order valence-electron chi connectivity index (χ3n) is 6.37. The average molecular weight is 432 g/mol. The van der Waals surface area contributed by atoms with E-state index >= 15 is 0 Å². The minimum absolute atomic E-state index is 0.0831. The molecule has 0 spiro atoms. The average Bonchev–Trinajstić information content (AvgIpc) is 3.65. The van der Waals surface area contributed by atoms with Gasteiger partial charge in [0.05, 0.1) is 22.6 Å². The first-order valence-electron chi connectivity index (χ1n) is 11.9. The third kappa shape index (κ3) is 4.47. The van der Waals surface area contributed by atoms with Gasteiger partial charge in [0.15, 0.2) is 0 Å². The van der Waals surface area contributed by atoms with E-state index in [1.54, 1.807) is 4.57 Å². The number of rotatable bonds is 9. The fourth-order valence-corrected chi connectivity index (χ4v) is 4.38. The van der Waals surface area contributed by atoms with Gasteiger partial charge in [0.2, 0.25) is 5.91 Å². The normalized spacial score (nSPS) is 14.5. The fourth-order valence-electron chi connectivity index (χ4n) is 4.38. The third-order valence-corrected chi connectivity index (χ3v) is 6.37. The van der Waals surface area contributed by atoms with Gasteiger partial charge in [-0.2, -0.15) is 0 Å². The van der Waals surface area contributed by atoms with Gasteiger partial charge >= 0.3 is 0 Å². The molecule has 0 aliphatic heterocycles. The number of unbranched alkanes of at least 4 members (excludes halogenated alkanes) is 2. The van der Waals surface area contributed by atoms with Crippen LogP contribution in [0.15, 0.2) is 53.3 Å². The maximum atomic E-state index is 13.7. The Hall–Kier alpha value is -2.95. The van der Waals surface area contributed by atoms with Crippen LogP contribution in [-0.4, -0.2) is 26.9 Å². The molecule has 1 heterocycles. The van der Waals surface area contributed by atoms with Crippen LogP contribution in [0, 0.1) is 12.8 Å². The van der Waals surface area contributed by atoms with Crippen molar-refractivity contribution in [2.24, 2.45) is 5.92 Å². The molecule has 0 N–H and O–H groups in total. The van der Waals surface area contributed by atoms with Crippen LogP contribution in [0.2, 0.25) is 0 Å². The molecule has 0 radical (unpaired) electrons. The van der Waals surface area contributed by atoms with Crippen molar-refractivity contribution in [2.75, 3.05) is 6.54 Å². The minimum Gasteiger partial charge on any atom is -0.332 e. The molecule has 5 nitrogen and oxygen atoms in total. The summed E-state index contributed by atoms with van der Waals surface area (Å²) in [5.74, 6) is 1.00. The topological polar surface area (TPSA) is 55.2 Å². The monoisotopic (exact) mass is 431 g/mol. The Morgan fingerprint density at radius 2 is 1.81 bits per heavy atom. The molecule has 1 saturated carbocycles. The van der Waals surface area contributed by atoms with Crippen LogP contribution < -0.4 is 5.56 Å². The molecular formula is C27H33N3O2. The largest absolute Gasteiger partial charge is 0.332 e. The molecule has 32 heavy (non-hydrogen) atoms. The summed E-state index contributed by atoms with van der Waals surface area (Å²) >= 11 is 0. The summed E-state index contributed by atoms with van der Waals surface area (Å²) in [4.78, 5) is 34.0. The molecule has 1 unspecified atom stereocenters. The zero-order valence-electron chi connectivity index (χ0n) is 19.4. The number of carbonyl (C=O) groups excluding carboxylic acids is 1. The molecule has 0 saturated heterocycles. The Morgan fingerprint density at radius 3 is 2.47 bits per heavy atom. The molecule has 2 aromatic carbocycles. The number of aryl methyl sites for hydroxylation is 1. The van der Waals surface area contributed by atoms with Gasteiger partial charge in [-0.05, 0) is 56.9 Å². The molecule has 1 aromatic heterocycles. The lowest BCUT2D eigenvalue weighted by Crippen LogP contribution is -2.40. The summed E-state index contributed by atoms with van der Waals surface area (Å²) in [6.45, 7) is 6.99. The van der Waals surface area contributed by atoms with Crippen molar-refractivity contribution >= 4 is 16.8 Å². The Labute approximate surface area is 190 Å². The SMILES string of the molecule is CCCCCN(C(=O)C1CC1)C(CC)c1nc2ccccc2c(=O)n1-c1ccc(C)cc1. The van der Waals surface area contributed by atoms with Crippen molar-refractivity contribution < 1.29 is 4.79 Å². The van der Waals surface area contributed by atoms with Crippen LogP contribution in [0.3, 0.4) is 0 Å². The van der Waals surface area contributed by atoms with Crippen LogP contribution in [-0.2, 0) is 4.79 Å². The van der Waals surface area contributed by atoms with Gasteiger partial charge in [-0.15, -0.1) is 0 Å². The maximum Gasteiger partial charge on any atom is 0.266 e. The van der Waals surface area contributed by atoms with Crippen molar-refractivity contribution in [2.45, 2.75) is 65.3 Å². The van der Waals surface area contributed by atoms with E-state index in [9.17, 15) is 9.59 Å². The minimum atomic E-state index is -0.237. The summed E-state index contributed by atoms with van der Waals surface area (Å²) in [6.07, 6.45) is 5.80. The molecule has 1 aliphatic carbocycles. The highest BCUT2D eigenvalue weighted by Gasteiger charge is 2.37. The lowest BCUT2D eigenvalue weighted by Gasteiger charge is -2.32. The number of fused-ring (bicyclic) bond motifs is 1. The van der Waals surface area contributed by atoms with Gasteiger partial charge in [-0.3, -0.25) is 14.2 Å². The Morgan fingerprint density at radius 1 is 1.09 bits per heavy atom. The second kappa shape index (κ2) is 9.68. The van der Waals surface area contributed by atoms with Crippen molar-refractivity contribution in [1.29, 1.82) is 0 Å². The van der Waals surface area contributed by atoms with Gasteiger partial charge in [-0.1, -0.05) is 56.5 Å². The Kier molecular flexibility index (Phi) is 6.73. The van der Waals surface area contributed by atoms with E-state index < -0.39 is 0 Å². The molecule has 1 amide bonds. The van der Waals surface area contributed by atoms with Crippen molar-refractivity contribution in [3.8, 4) is 5.69 Å². The standard InChI is InChI=1S/C27H33N3O2/c1-4-6-9-18-29(26(31)20-14-15-20)24(5-2)25-28-23-11-8-7-10-22(23)27(32)30(25)21-16-12-19(3)13-17-21/h7-8,10-13,16-17,20,24H,4-6,9,14-15,18H2,1-3H3. The first-order chi connectivity index (χ1) is 15.5. The van der Waals surface area contributed by atoms with E-state index in [1.165, 1.54) is 0 Å². The lowest BCUT2D eigenvalue weighted by atomic mass is 10.1. The molecule has 1 fully saturated rings. The molecule has 0 bridgehead atoms. The molecule has 5 heteroatoms. The number of hydrogen-bond donors (Lipinski definition) is 0. The molecule has 1 atom stereocenters. The van der Waals surface area contributed by atoms with Gasteiger partial charge in [0, 0.05) is 12.5 Å². The van der Waals surface area contributed by atoms with Crippen molar-refractivity contribution in [3.63, 3.8) is 0 Å². The summed E-state index contributed by atoms with van der Waals surface area (Å²) < 4.78 is 1.73. The highest BCUT2D eigenvalue weighted by atomic mass is 16.2. The van der Waals surface area contributed by atoms with E-state index in [1.807, 2.05) is 60.4 Å². The number of benzene rings is 2. The van der Waals surface area contributed by atoms with Crippen LogP contribution in [0.1, 0.15) is 69.8 Å². The van der Waals surface area contributed by atoms with E-state index in [0.29, 0.717) is 29.7 Å². The summed E-state index contributed by atoms with van der Waals surface area (Å²) in [6, 6.07) is 15.2. The fraction of sp³-hybridized carbons (Fsp3) is 0.444. The molecule has 4 rings (SSSR count). The predicted octanol–water partition coefficient (Wildman–Crippen LogP) is 5.57. The Balaban J connectivity index is 1.89. The molecule has 3 aromatic rings. The van der Waals surface area contributed by atoms with Crippen LogP contribution in [0.4, 0.5) is 0 Å². The summed E-state index contributed by atoms with van der Waals surface area (Å²) in [5, 5.41) is 0.595. The first-order valence-corrected chi connectivity index (χ1v) is 11.9. The van der Waals surface area contributed by atoms with Crippen molar-refractivity contribution in [1.82, 2.24) is 14.5 Å². The summed E-state index contributed by atoms with van der Waals surface area (Å²) in [5.41, 5.74) is 2.52. The van der Waals surface area contributed by atoms with Crippen molar-refractivity contribution in [3.05, 3.63) is 70.3 Å². The summed E-state index contributed by atoms with van der Waals surface area (Å²) in [7, 11) is 0. The van der Waals surface area contributed by atoms with Crippen LogP contribution >= 0.6 is 0 Å². The van der Waals surface area contributed by atoms with E-state index in [2.05, 4.69) is 13.8 Å². The maximum absolute atomic E-state index is 13.7. The van der Waals surface area contributed by atoms with Gasteiger partial charge in [0.25, 0.3) is 5.56 Å². The predicted molar refractivity (Wildman–Crippen MR) is 129 cm³/mol. The highest BCUT2D eigenvalue weighted by molar-refractivity contribution is 5.82. The van der Waals surface area contributed by atoms with E-state index in [0.717, 1.165) is 43.4 Å². The number of aromatic nitrogens is 2. The van der Waals surface area contributed by atoms with Crippen LogP contribution in [0.5, 0.6) is 0 Å². The quantitative estimate of drug-likeness (QED) is 0.416. The second-order valence-electron chi connectivity index (χ2n) is 8.90. The van der Waals surface area contributed by atoms with E-state index in [-0.39, 0.29) is 23.4 Å². The Bertz CT molecular complexity index is 1150. The van der Waals surface area contributed by atoms with Gasteiger partial charge < -0.3 is 4.90 Å². The number of carbonyl (C=O) groups is 1. The van der Waals surface area contributed by atoms with Gasteiger partial charge in [0.1, 0.15) is 5.82 Å². The highest BCUT2D eigenvalue weighted by Crippen LogP contribution is 2.35. The lowest BCUT2D eigenvalue weighted by molar-refractivity contribution is -0.135. The van der Waals surface area contributed by atoms with E-state index in [4.69, 9.17) is 4.98 Å². The number of hydrogen-bond acceptors (Lipinski definition) is 3. The van der Waals surface area contributed by atoms with Gasteiger partial charge in [-0.25, -0.2) is 4.98 Å². The number of para-hydroxylation sites is 1. The molecular weight excluding hydrogens is 398 g/mol. The number of amides is 1. The smallest absolute Gasteiger partial charge is 0.266 e.